The van der Waals surface area contributed by atoms with Crippen LogP contribution in [0.5, 0.6) is 0 Å². The summed E-state index contributed by atoms with van der Waals surface area (Å²) >= 11 is 0. The third-order valence-corrected chi connectivity index (χ3v) is 7.37. The fraction of sp³-hybridized carbons (Fsp3) is 0.769. The molecular formula is C13H26O4Si. The van der Waals surface area contributed by atoms with Gasteiger partial charge in [-0.3, -0.25) is 0 Å². The van der Waals surface area contributed by atoms with Gasteiger partial charge >= 0.3 is 5.97 Å². The zero-order chi connectivity index (χ0) is 14.6. The molecule has 2 unspecified atom stereocenters. The molecule has 106 valence electrons. The van der Waals surface area contributed by atoms with Crippen LogP contribution in [0, 0.1) is 0 Å². The van der Waals surface area contributed by atoms with Crippen LogP contribution in [0.15, 0.2) is 12.2 Å². The molecule has 0 aliphatic rings. The molecule has 0 fully saturated rings. The van der Waals surface area contributed by atoms with Gasteiger partial charge in [-0.1, -0.05) is 39.6 Å². The lowest BCUT2D eigenvalue weighted by Crippen LogP contribution is -2.45. The Bertz CT molecular complexity index is 309. The van der Waals surface area contributed by atoms with E-state index >= 15 is 0 Å². The van der Waals surface area contributed by atoms with E-state index in [1.54, 1.807) is 0 Å². The predicted octanol–water partition coefficient (Wildman–Crippen LogP) is 2.25. The molecular weight excluding hydrogens is 248 g/mol. The highest BCUT2D eigenvalue weighted by atomic mass is 28.3. The highest BCUT2D eigenvalue weighted by Gasteiger charge is 2.47. The van der Waals surface area contributed by atoms with E-state index in [4.69, 9.17) is 5.11 Å². The minimum absolute atomic E-state index is 0.177. The summed E-state index contributed by atoms with van der Waals surface area (Å²) in [6.45, 7) is 11.6. The number of carboxylic acids is 1. The molecule has 0 aliphatic carbocycles. The SMILES string of the molecule is C=C(C(=O)O)C(CCC)(CC(O)CO)[Si](C)(C)C. The molecule has 0 rings (SSSR count). The Morgan fingerprint density at radius 2 is 1.89 bits per heavy atom. The van der Waals surface area contributed by atoms with Crippen molar-refractivity contribution in [2.45, 2.75) is 57.0 Å². The first-order valence-electron chi connectivity index (χ1n) is 6.34. The van der Waals surface area contributed by atoms with E-state index in [9.17, 15) is 15.0 Å². The average molecular weight is 274 g/mol. The normalized spacial score (nSPS) is 17.0. The van der Waals surface area contributed by atoms with E-state index in [1.807, 2.05) is 6.92 Å². The number of carbonyl (C=O) groups is 1. The van der Waals surface area contributed by atoms with Gasteiger partial charge in [0.1, 0.15) is 0 Å². The maximum Gasteiger partial charge on any atom is 0.331 e. The molecule has 0 aromatic carbocycles. The molecule has 3 N–H and O–H groups in total. The van der Waals surface area contributed by atoms with E-state index < -0.39 is 25.2 Å². The molecule has 0 saturated carbocycles. The molecule has 0 radical (unpaired) electrons. The second kappa shape index (κ2) is 6.50. The predicted molar refractivity (Wildman–Crippen MR) is 75.4 cm³/mol. The monoisotopic (exact) mass is 274 g/mol. The van der Waals surface area contributed by atoms with Gasteiger partial charge in [0.25, 0.3) is 0 Å². The van der Waals surface area contributed by atoms with Crippen LogP contribution in [0.3, 0.4) is 0 Å². The fourth-order valence-electron chi connectivity index (χ4n) is 2.61. The van der Waals surface area contributed by atoms with Crippen molar-refractivity contribution in [2.75, 3.05) is 6.61 Å². The van der Waals surface area contributed by atoms with Crippen molar-refractivity contribution in [1.82, 2.24) is 0 Å². The molecule has 0 saturated heterocycles. The molecule has 4 nitrogen and oxygen atoms in total. The van der Waals surface area contributed by atoms with Gasteiger partial charge in [-0.15, -0.1) is 0 Å². The Morgan fingerprint density at radius 3 is 2.17 bits per heavy atom. The number of hydrogen-bond donors (Lipinski definition) is 3. The van der Waals surface area contributed by atoms with E-state index in [0.717, 1.165) is 6.42 Å². The van der Waals surface area contributed by atoms with Gasteiger partial charge in [-0.05, 0) is 17.9 Å². The van der Waals surface area contributed by atoms with Crippen molar-refractivity contribution < 1.29 is 20.1 Å². The summed E-state index contributed by atoms with van der Waals surface area (Å²) in [5.41, 5.74) is 0.177. The first-order chi connectivity index (χ1) is 8.12. The number of hydrogen-bond acceptors (Lipinski definition) is 3. The third-order valence-electron chi connectivity index (χ3n) is 3.74. The lowest BCUT2D eigenvalue weighted by atomic mass is 9.88. The molecule has 0 spiro atoms. The van der Waals surface area contributed by atoms with Crippen molar-refractivity contribution in [3.8, 4) is 0 Å². The minimum atomic E-state index is -1.91. The Morgan fingerprint density at radius 1 is 1.39 bits per heavy atom. The van der Waals surface area contributed by atoms with Gasteiger partial charge in [-0.25, -0.2) is 4.79 Å². The number of aliphatic carboxylic acids is 1. The topological polar surface area (TPSA) is 77.8 Å². The summed E-state index contributed by atoms with van der Waals surface area (Å²) in [7, 11) is -1.91. The second-order valence-electron chi connectivity index (χ2n) is 5.91. The summed E-state index contributed by atoms with van der Waals surface area (Å²) in [6, 6.07) is 0. The van der Waals surface area contributed by atoms with Crippen molar-refractivity contribution in [1.29, 1.82) is 0 Å². The third kappa shape index (κ3) is 3.67. The Balaban J connectivity index is 5.57. The maximum atomic E-state index is 11.3. The largest absolute Gasteiger partial charge is 0.478 e. The quantitative estimate of drug-likeness (QED) is 0.468. The van der Waals surface area contributed by atoms with Crippen LogP contribution < -0.4 is 0 Å². The highest BCUT2D eigenvalue weighted by molar-refractivity contribution is 6.80. The van der Waals surface area contributed by atoms with E-state index in [2.05, 4.69) is 26.2 Å². The van der Waals surface area contributed by atoms with Crippen molar-refractivity contribution in [2.24, 2.45) is 0 Å². The van der Waals surface area contributed by atoms with Crippen LogP contribution in [0.1, 0.15) is 26.2 Å². The summed E-state index contributed by atoms with van der Waals surface area (Å²) in [6.07, 6.45) is 0.900. The molecule has 5 heteroatoms. The van der Waals surface area contributed by atoms with Gasteiger partial charge in [0.05, 0.1) is 20.8 Å². The molecule has 0 bridgehead atoms. The molecule has 0 heterocycles. The molecule has 18 heavy (non-hydrogen) atoms. The summed E-state index contributed by atoms with van der Waals surface area (Å²) in [5.74, 6) is -1.00. The fourth-order valence-corrected chi connectivity index (χ4v) is 5.47. The van der Waals surface area contributed by atoms with Crippen molar-refractivity contribution in [3.63, 3.8) is 0 Å². The number of rotatable bonds is 8. The summed E-state index contributed by atoms with van der Waals surface area (Å²) in [5, 5.41) is 27.5. The second-order valence-corrected chi connectivity index (χ2v) is 11.4. The van der Waals surface area contributed by atoms with Gasteiger partial charge in [0, 0.05) is 5.57 Å². The Labute approximate surface area is 110 Å². The lowest BCUT2D eigenvalue weighted by Gasteiger charge is -2.45. The van der Waals surface area contributed by atoms with Crippen LogP contribution in [-0.4, -0.2) is 42.1 Å². The first kappa shape index (κ1) is 17.3. The number of carboxylic acid groups (broad SMARTS) is 1. The molecule has 0 amide bonds. The summed E-state index contributed by atoms with van der Waals surface area (Å²) < 4.78 is 0. The van der Waals surface area contributed by atoms with E-state index in [0.29, 0.717) is 6.42 Å². The lowest BCUT2D eigenvalue weighted by molar-refractivity contribution is -0.133. The van der Waals surface area contributed by atoms with Crippen molar-refractivity contribution in [3.05, 3.63) is 12.2 Å². The van der Waals surface area contributed by atoms with Crippen LogP contribution in [0.2, 0.25) is 24.7 Å². The zero-order valence-corrected chi connectivity index (χ0v) is 12.9. The number of aliphatic hydroxyl groups excluding tert-OH is 2. The van der Waals surface area contributed by atoms with Gasteiger partial charge in [0.2, 0.25) is 0 Å². The Hall–Kier alpha value is -0.653. The van der Waals surface area contributed by atoms with Crippen LogP contribution in [0.4, 0.5) is 0 Å². The first-order valence-corrected chi connectivity index (χ1v) is 9.84. The highest BCUT2D eigenvalue weighted by Crippen LogP contribution is 2.52. The molecule has 0 aromatic heterocycles. The van der Waals surface area contributed by atoms with Gasteiger partial charge < -0.3 is 15.3 Å². The van der Waals surface area contributed by atoms with Crippen LogP contribution >= 0.6 is 0 Å². The number of aliphatic hydroxyl groups is 2. The minimum Gasteiger partial charge on any atom is -0.478 e. The molecule has 0 aromatic rings. The standard InChI is InChI=1S/C13H26O4Si/c1-6-7-13(18(3,4)5,8-11(15)9-14)10(2)12(16)17/h11,14-15H,2,6-9H2,1,3-5H3,(H,16,17). The molecule has 2 atom stereocenters. The molecule has 0 aliphatic heterocycles. The van der Waals surface area contributed by atoms with Crippen LogP contribution in [0.25, 0.3) is 0 Å². The smallest absolute Gasteiger partial charge is 0.331 e. The zero-order valence-electron chi connectivity index (χ0n) is 11.9. The van der Waals surface area contributed by atoms with E-state index in [1.165, 1.54) is 0 Å². The van der Waals surface area contributed by atoms with Crippen LogP contribution in [-0.2, 0) is 4.79 Å². The average Bonchev–Trinajstić information content (AvgIpc) is 2.25. The van der Waals surface area contributed by atoms with Gasteiger partial charge in [0.15, 0.2) is 0 Å². The summed E-state index contributed by atoms with van der Waals surface area (Å²) in [4.78, 5) is 11.3. The Kier molecular flexibility index (Phi) is 6.26. The van der Waals surface area contributed by atoms with E-state index in [-0.39, 0.29) is 18.6 Å². The maximum absolute atomic E-state index is 11.3. The van der Waals surface area contributed by atoms with Gasteiger partial charge in [-0.2, -0.15) is 0 Å². The van der Waals surface area contributed by atoms with Crippen molar-refractivity contribution >= 4 is 14.0 Å².